The van der Waals surface area contributed by atoms with Crippen molar-refractivity contribution in [3.63, 3.8) is 0 Å². The molecule has 0 aliphatic carbocycles. The lowest BCUT2D eigenvalue weighted by Gasteiger charge is -2.21. The first-order valence-corrected chi connectivity index (χ1v) is 7.25. The van der Waals surface area contributed by atoms with Gasteiger partial charge in [0.25, 0.3) is 5.91 Å². The summed E-state index contributed by atoms with van der Waals surface area (Å²) in [4.78, 5) is 16.7. The number of aromatic nitrogens is 1. The monoisotopic (exact) mass is 281 g/mol. The number of aliphatic hydroxyl groups is 1. The number of β-amino-alcohol motifs (C(OH)–C–C–N with tert-alkyl or cyclic N) is 1. The summed E-state index contributed by atoms with van der Waals surface area (Å²) in [5, 5.41) is 12.9. The Balaban J connectivity index is 2.07. The molecule has 0 bridgehead atoms. The quantitative estimate of drug-likeness (QED) is 0.879. The van der Waals surface area contributed by atoms with Crippen molar-refractivity contribution in [3.8, 4) is 0 Å². The van der Waals surface area contributed by atoms with Crippen LogP contribution >= 0.6 is 0 Å². The number of amides is 1. The predicted octanol–water partition coefficient (Wildman–Crippen LogP) is 0.686. The molecule has 2 rings (SSSR count). The molecule has 0 saturated carbocycles. The molecule has 6 heteroatoms. The van der Waals surface area contributed by atoms with Gasteiger partial charge in [-0.25, -0.2) is 0 Å². The molecule has 2 heterocycles. The first-order valence-electron chi connectivity index (χ1n) is 7.25. The van der Waals surface area contributed by atoms with Gasteiger partial charge in [-0.05, 0) is 26.3 Å². The summed E-state index contributed by atoms with van der Waals surface area (Å²) in [6.45, 7) is 7.76. The molecule has 1 aliphatic heterocycles. The summed E-state index contributed by atoms with van der Waals surface area (Å²) in [5.41, 5.74) is 1.37. The number of aryl methyl sites for hydroxylation is 2. The van der Waals surface area contributed by atoms with Crippen molar-refractivity contribution < 1.29 is 14.4 Å². The van der Waals surface area contributed by atoms with Crippen LogP contribution in [0.1, 0.15) is 35.2 Å². The Hall–Kier alpha value is -1.40. The number of carbonyl (C=O) groups excluding carboxylic acids is 1. The highest BCUT2D eigenvalue weighted by atomic mass is 16.5. The minimum absolute atomic E-state index is 0.0199. The molecule has 1 aliphatic rings. The van der Waals surface area contributed by atoms with Crippen LogP contribution in [0.5, 0.6) is 0 Å². The number of nitrogens with zero attached hydrogens (tertiary/aromatic N) is 3. The van der Waals surface area contributed by atoms with Crippen molar-refractivity contribution in [2.45, 2.75) is 26.7 Å². The second-order valence-corrected chi connectivity index (χ2v) is 5.13. The van der Waals surface area contributed by atoms with Gasteiger partial charge >= 0.3 is 0 Å². The van der Waals surface area contributed by atoms with Crippen LogP contribution in [0.3, 0.4) is 0 Å². The van der Waals surface area contributed by atoms with E-state index in [1.807, 2.05) is 11.8 Å². The Kier molecular flexibility index (Phi) is 5.14. The van der Waals surface area contributed by atoms with E-state index in [1.54, 1.807) is 6.92 Å². The molecular formula is C14H23N3O3. The van der Waals surface area contributed by atoms with Crippen LogP contribution in [0.15, 0.2) is 4.52 Å². The highest BCUT2D eigenvalue weighted by molar-refractivity contribution is 5.96. The summed E-state index contributed by atoms with van der Waals surface area (Å²) in [5.74, 6) is 0.620. The molecule has 1 saturated heterocycles. The number of carbonyl (C=O) groups is 1. The SMILES string of the molecule is CCc1noc(C)c1C(=O)N1CCCN(CCO)CC1. The van der Waals surface area contributed by atoms with Crippen molar-refractivity contribution in [3.05, 3.63) is 17.0 Å². The first kappa shape index (κ1) is 15.0. The molecule has 20 heavy (non-hydrogen) atoms. The molecule has 1 fully saturated rings. The molecule has 0 atom stereocenters. The Bertz CT molecular complexity index is 459. The Morgan fingerprint density at radius 1 is 1.35 bits per heavy atom. The Morgan fingerprint density at radius 3 is 2.85 bits per heavy atom. The molecule has 0 radical (unpaired) electrons. The van der Waals surface area contributed by atoms with E-state index >= 15 is 0 Å². The standard InChI is InChI=1S/C14H23N3O3/c1-3-12-13(11(2)20-15-12)14(19)17-6-4-5-16(7-8-17)9-10-18/h18H,3-10H2,1-2H3. The first-order chi connectivity index (χ1) is 9.67. The lowest BCUT2D eigenvalue weighted by atomic mass is 10.1. The summed E-state index contributed by atoms with van der Waals surface area (Å²) in [6.07, 6.45) is 1.63. The van der Waals surface area contributed by atoms with Gasteiger partial charge in [-0.15, -0.1) is 0 Å². The highest BCUT2D eigenvalue weighted by Gasteiger charge is 2.26. The number of aliphatic hydroxyl groups excluding tert-OH is 1. The van der Waals surface area contributed by atoms with Gasteiger partial charge in [0, 0.05) is 26.2 Å². The van der Waals surface area contributed by atoms with E-state index in [1.165, 1.54) is 0 Å². The van der Waals surface area contributed by atoms with E-state index in [4.69, 9.17) is 9.63 Å². The summed E-state index contributed by atoms with van der Waals surface area (Å²) >= 11 is 0. The van der Waals surface area contributed by atoms with E-state index < -0.39 is 0 Å². The van der Waals surface area contributed by atoms with Gasteiger partial charge in [0.05, 0.1) is 12.3 Å². The lowest BCUT2D eigenvalue weighted by molar-refractivity contribution is 0.0758. The molecule has 0 unspecified atom stereocenters. The molecule has 1 N–H and O–H groups in total. The third-order valence-corrected chi connectivity index (χ3v) is 3.77. The molecule has 1 aromatic rings. The normalized spacial score (nSPS) is 17.2. The Morgan fingerprint density at radius 2 is 2.15 bits per heavy atom. The van der Waals surface area contributed by atoms with Gasteiger partial charge in [0.1, 0.15) is 11.3 Å². The van der Waals surface area contributed by atoms with E-state index in [0.717, 1.165) is 31.7 Å². The zero-order valence-corrected chi connectivity index (χ0v) is 12.3. The Labute approximate surface area is 119 Å². The topological polar surface area (TPSA) is 69.8 Å². The van der Waals surface area contributed by atoms with Crippen LogP contribution in [0.4, 0.5) is 0 Å². The van der Waals surface area contributed by atoms with Crippen molar-refractivity contribution >= 4 is 5.91 Å². The molecule has 6 nitrogen and oxygen atoms in total. The van der Waals surface area contributed by atoms with Crippen LogP contribution in [0.25, 0.3) is 0 Å². The van der Waals surface area contributed by atoms with Crippen molar-refractivity contribution in [1.82, 2.24) is 15.0 Å². The molecule has 0 spiro atoms. The minimum Gasteiger partial charge on any atom is -0.395 e. The van der Waals surface area contributed by atoms with Crippen LogP contribution in [0, 0.1) is 6.92 Å². The average Bonchev–Trinajstić information content (AvgIpc) is 2.67. The minimum atomic E-state index is 0.0199. The third-order valence-electron chi connectivity index (χ3n) is 3.77. The maximum Gasteiger partial charge on any atom is 0.259 e. The van der Waals surface area contributed by atoms with Crippen molar-refractivity contribution in [1.29, 1.82) is 0 Å². The second kappa shape index (κ2) is 6.85. The van der Waals surface area contributed by atoms with Crippen LogP contribution in [0.2, 0.25) is 0 Å². The van der Waals surface area contributed by atoms with Crippen molar-refractivity contribution in [2.24, 2.45) is 0 Å². The van der Waals surface area contributed by atoms with E-state index in [0.29, 0.717) is 30.8 Å². The smallest absolute Gasteiger partial charge is 0.259 e. The number of rotatable bonds is 4. The largest absolute Gasteiger partial charge is 0.395 e. The van der Waals surface area contributed by atoms with Gasteiger partial charge in [-0.1, -0.05) is 12.1 Å². The fourth-order valence-electron chi connectivity index (χ4n) is 2.63. The summed E-state index contributed by atoms with van der Waals surface area (Å²) < 4.78 is 5.15. The zero-order chi connectivity index (χ0) is 14.5. The molecule has 1 amide bonds. The fraction of sp³-hybridized carbons (Fsp3) is 0.714. The summed E-state index contributed by atoms with van der Waals surface area (Å²) in [7, 11) is 0. The van der Waals surface area contributed by atoms with Crippen LogP contribution < -0.4 is 0 Å². The molecule has 0 aromatic carbocycles. The van der Waals surface area contributed by atoms with E-state index in [2.05, 4.69) is 10.1 Å². The second-order valence-electron chi connectivity index (χ2n) is 5.13. The van der Waals surface area contributed by atoms with Crippen LogP contribution in [-0.4, -0.2) is 65.3 Å². The van der Waals surface area contributed by atoms with Gasteiger partial charge in [-0.3, -0.25) is 9.69 Å². The summed E-state index contributed by atoms with van der Waals surface area (Å²) in [6, 6.07) is 0. The molecule has 112 valence electrons. The fourth-order valence-corrected chi connectivity index (χ4v) is 2.63. The van der Waals surface area contributed by atoms with E-state index in [9.17, 15) is 4.79 Å². The van der Waals surface area contributed by atoms with Gasteiger partial charge in [0.2, 0.25) is 0 Å². The van der Waals surface area contributed by atoms with Crippen LogP contribution in [-0.2, 0) is 6.42 Å². The predicted molar refractivity (Wildman–Crippen MR) is 74.7 cm³/mol. The molecule has 1 aromatic heterocycles. The highest BCUT2D eigenvalue weighted by Crippen LogP contribution is 2.17. The lowest BCUT2D eigenvalue weighted by Crippen LogP contribution is -2.36. The zero-order valence-electron chi connectivity index (χ0n) is 12.3. The van der Waals surface area contributed by atoms with Gasteiger partial charge in [-0.2, -0.15) is 0 Å². The maximum atomic E-state index is 12.6. The maximum absolute atomic E-state index is 12.6. The number of hydrogen-bond donors (Lipinski definition) is 1. The van der Waals surface area contributed by atoms with E-state index in [-0.39, 0.29) is 12.5 Å². The van der Waals surface area contributed by atoms with Crippen molar-refractivity contribution in [2.75, 3.05) is 39.3 Å². The number of hydrogen-bond acceptors (Lipinski definition) is 5. The van der Waals surface area contributed by atoms with Gasteiger partial charge in [0.15, 0.2) is 0 Å². The molecular weight excluding hydrogens is 258 g/mol. The average molecular weight is 281 g/mol. The van der Waals surface area contributed by atoms with Gasteiger partial charge < -0.3 is 14.5 Å². The third kappa shape index (κ3) is 3.19.